The van der Waals surface area contributed by atoms with Crippen LogP contribution < -0.4 is 11.1 Å². The number of nitrogens with two attached hydrogens (primary N) is 1. The first kappa shape index (κ1) is 19.4. The molecule has 3 N–H and O–H groups in total. The summed E-state index contributed by atoms with van der Waals surface area (Å²) in [5, 5.41) is 5.96. The van der Waals surface area contributed by atoms with Gasteiger partial charge in [0.2, 0.25) is 0 Å². The van der Waals surface area contributed by atoms with Gasteiger partial charge in [-0.1, -0.05) is 42.5 Å². The first-order valence-corrected chi connectivity index (χ1v) is 8.58. The van der Waals surface area contributed by atoms with E-state index in [1.807, 2.05) is 24.5 Å². The molecule has 0 aliphatic rings. The van der Waals surface area contributed by atoms with Crippen molar-refractivity contribution in [2.24, 2.45) is 5.73 Å². The molecule has 0 aliphatic carbocycles. The maximum atomic E-state index is 6.35. The van der Waals surface area contributed by atoms with Crippen LogP contribution in [-0.2, 0) is 13.0 Å². The Hall–Kier alpha value is -1.94. The maximum Gasteiger partial charge on any atom is 0.0346 e. The highest BCUT2D eigenvalue weighted by molar-refractivity contribution is 5.85. The fourth-order valence-corrected chi connectivity index (χ4v) is 2.90. The van der Waals surface area contributed by atoms with Crippen molar-refractivity contribution in [2.45, 2.75) is 38.4 Å². The third-order valence-electron chi connectivity index (χ3n) is 4.58. The second-order valence-electron chi connectivity index (χ2n) is 6.41. The van der Waals surface area contributed by atoms with Gasteiger partial charge in [-0.2, -0.15) is 0 Å². The maximum absolute atomic E-state index is 6.35. The Morgan fingerprint density at radius 1 is 1.00 bits per heavy atom. The minimum absolute atomic E-state index is 0. The van der Waals surface area contributed by atoms with Crippen LogP contribution in [0, 0.1) is 0 Å². The van der Waals surface area contributed by atoms with Crippen LogP contribution >= 0.6 is 12.4 Å². The highest BCUT2D eigenvalue weighted by Crippen LogP contribution is 2.14. The molecule has 0 radical (unpaired) electrons. The van der Waals surface area contributed by atoms with Crippen LogP contribution in [0.1, 0.15) is 24.5 Å². The summed E-state index contributed by atoms with van der Waals surface area (Å²) >= 11 is 0. The van der Waals surface area contributed by atoms with E-state index in [1.54, 1.807) is 0 Å². The molecular weight excluding hydrogens is 330 g/mol. The number of aromatic nitrogens is 1. The highest BCUT2D eigenvalue weighted by Gasteiger charge is 2.12. The molecule has 3 rings (SSSR count). The zero-order valence-corrected chi connectivity index (χ0v) is 15.4. The third-order valence-corrected chi connectivity index (χ3v) is 4.58. The zero-order valence-electron chi connectivity index (χ0n) is 14.6. The predicted octanol–water partition coefficient (Wildman–Crippen LogP) is 4.09. The fourth-order valence-electron chi connectivity index (χ4n) is 2.90. The van der Waals surface area contributed by atoms with Gasteiger partial charge in [0.15, 0.2) is 0 Å². The summed E-state index contributed by atoms with van der Waals surface area (Å²) in [6, 6.07) is 19.5. The first-order valence-electron chi connectivity index (χ1n) is 8.58. The van der Waals surface area contributed by atoms with Gasteiger partial charge in [0.25, 0.3) is 0 Å². The molecule has 4 heteroatoms. The van der Waals surface area contributed by atoms with Crippen LogP contribution in [0.25, 0.3) is 10.8 Å². The SMILES string of the molecule is C[C@@H](NCc1ccc2cnccc2c1)C(N)CCc1ccccc1.Cl. The van der Waals surface area contributed by atoms with Gasteiger partial charge in [0.1, 0.15) is 0 Å². The molecule has 0 amide bonds. The molecule has 0 bridgehead atoms. The smallest absolute Gasteiger partial charge is 0.0346 e. The fraction of sp³-hybridized carbons (Fsp3) is 0.286. The molecular formula is C21H26ClN3. The number of rotatable bonds is 7. The summed E-state index contributed by atoms with van der Waals surface area (Å²) < 4.78 is 0. The molecule has 1 aromatic heterocycles. The number of nitrogens with one attached hydrogen (secondary N) is 1. The Morgan fingerprint density at radius 3 is 2.60 bits per heavy atom. The van der Waals surface area contributed by atoms with Crippen molar-refractivity contribution in [1.29, 1.82) is 0 Å². The van der Waals surface area contributed by atoms with E-state index in [0.29, 0.717) is 0 Å². The summed E-state index contributed by atoms with van der Waals surface area (Å²) in [5.41, 5.74) is 8.97. The van der Waals surface area contributed by atoms with Gasteiger partial charge in [0.05, 0.1) is 0 Å². The lowest BCUT2D eigenvalue weighted by Crippen LogP contribution is -2.42. The van der Waals surface area contributed by atoms with E-state index < -0.39 is 0 Å². The Kier molecular flexibility index (Phi) is 7.38. The molecule has 0 saturated carbocycles. The topological polar surface area (TPSA) is 50.9 Å². The van der Waals surface area contributed by atoms with Crippen LogP contribution in [0.3, 0.4) is 0 Å². The zero-order chi connectivity index (χ0) is 16.8. The van der Waals surface area contributed by atoms with Crippen molar-refractivity contribution in [3.05, 3.63) is 78.1 Å². The lowest BCUT2D eigenvalue weighted by molar-refractivity contribution is 0.435. The molecule has 3 nitrogen and oxygen atoms in total. The lowest BCUT2D eigenvalue weighted by Gasteiger charge is -2.21. The molecule has 0 saturated heterocycles. The van der Waals surface area contributed by atoms with Gasteiger partial charge in [0, 0.05) is 36.4 Å². The molecule has 0 spiro atoms. The standard InChI is InChI=1S/C21H25N3.ClH/c1-16(21(22)10-8-17-5-3-2-4-6-17)24-14-18-7-9-20-15-23-12-11-19(20)13-18;/h2-7,9,11-13,15-16,21,24H,8,10,14,22H2,1H3;1H/t16-,21?;/m1./s1. The number of fused-ring (bicyclic) bond motifs is 1. The second-order valence-corrected chi connectivity index (χ2v) is 6.41. The number of benzene rings is 2. The molecule has 25 heavy (non-hydrogen) atoms. The van der Waals surface area contributed by atoms with E-state index in [-0.39, 0.29) is 24.5 Å². The summed E-state index contributed by atoms with van der Waals surface area (Å²) in [5.74, 6) is 0. The molecule has 2 atom stereocenters. The number of nitrogens with zero attached hydrogens (tertiary/aromatic N) is 1. The van der Waals surface area contributed by atoms with E-state index in [2.05, 4.69) is 59.7 Å². The van der Waals surface area contributed by atoms with Gasteiger partial charge < -0.3 is 11.1 Å². The molecule has 1 heterocycles. The second kappa shape index (κ2) is 9.52. The molecule has 0 aliphatic heterocycles. The highest BCUT2D eigenvalue weighted by atomic mass is 35.5. The summed E-state index contributed by atoms with van der Waals surface area (Å²) in [6.07, 6.45) is 5.74. The molecule has 132 valence electrons. The van der Waals surface area contributed by atoms with Crippen molar-refractivity contribution < 1.29 is 0 Å². The Balaban J connectivity index is 0.00000225. The van der Waals surface area contributed by atoms with Crippen molar-refractivity contribution >= 4 is 23.2 Å². The molecule has 2 aromatic carbocycles. The van der Waals surface area contributed by atoms with Gasteiger partial charge in [-0.25, -0.2) is 0 Å². The number of hydrogen-bond acceptors (Lipinski definition) is 3. The van der Waals surface area contributed by atoms with Gasteiger partial charge >= 0.3 is 0 Å². The molecule has 1 unspecified atom stereocenters. The number of aryl methyl sites for hydroxylation is 1. The van der Waals surface area contributed by atoms with Crippen LogP contribution in [-0.4, -0.2) is 17.1 Å². The number of pyridine rings is 1. The van der Waals surface area contributed by atoms with E-state index >= 15 is 0 Å². The van der Waals surface area contributed by atoms with Gasteiger partial charge in [-0.15, -0.1) is 12.4 Å². The minimum Gasteiger partial charge on any atom is -0.326 e. The van der Waals surface area contributed by atoms with Gasteiger partial charge in [-0.05, 0) is 48.4 Å². The molecule has 3 aromatic rings. The molecule has 0 fully saturated rings. The monoisotopic (exact) mass is 355 g/mol. The largest absolute Gasteiger partial charge is 0.326 e. The van der Waals surface area contributed by atoms with Crippen molar-refractivity contribution in [1.82, 2.24) is 10.3 Å². The first-order chi connectivity index (χ1) is 11.7. The Bertz CT molecular complexity index is 776. The third kappa shape index (κ3) is 5.53. The minimum atomic E-state index is 0. The quantitative estimate of drug-likeness (QED) is 0.671. The van der Waals surface area contributed by atoms with Crippen molar-refractivity contribution in [3.8, 4) is 0 Å². The average Bonchev–Trinajstić information content (AvgIpc) is 2.64. The van der Waals surface area contributed by atoms with Crippen molar-refractivity contribution in [2.75, 3.05) is 0 Å². The summed E-state index contributed by atoms with van der Waals surface area (Å²) in [7, 11) is 0. The summed E-state index contributed by atoms with van der Waals surface area (Å²) in [4.78, 5) is 4.15. The lowest BCUT2D eigenvalue weighted by atomic mass is 10.0. The van der Waals surface area contributed by atoms with E-state index in [1.165, 1.54) is 21.9 Å². The Labute approximate surface area is 156 Å². The summed E-state index contributed by atoms with van der Waals surface area (Å²) in [6.45, 7) is 3.00. The number of halogens is 1. The van der Waals surface area contributed by atoms with Crippen LogP contribution in [0.5, 0.6) is 0 Å². The normalized spacial score (nSPS) is 13.2. The van der Waals surface area contributed by atoms with E-state index in [0.717, 1.165) is 19.4 Å². The van der Waals surface area contributed by atoms with Gasteiger partial charge in [-0.3, -0.25) is 4.98 Å². The average molecular weight is 356 g/mol. The van der Waals surface area contributed by atoms with E-state index in [4.69, 9.17) is 5.73 Å². The van der Waals surface area contributed by atoms with Crippen molar-refractivity contribution in [3.63, 3.8) is 0 Å². The van der Waals surface area contributed by atoms with Crippen LogP contribution in [0.2, 0.25) is 0 Å². The number of hydrogen-bond donors (Lipinski definition) is 2. The van der Waals surface area contributed by atoms with Crippen LogP contribution in [0.4, 0.5) is 0 Å². The van der Waals surface area contributed by atoms with Crippen LogP contribution in [0.15, 0.2) is 67.0 Å². The van der Waals surface area contributed by atoms with E-state index in [9.17, 15) is 0 Å². The predicted molar refractivity (Wildman–Crippen MR) is 108 cm³/mol. The Morgan fingerprint density at radius 2 is 1.80 bits per heavy atom.